The Morgan fingerprint density at radius 1 is 0.889 bits per heavy atom. The van der Waals surface area contributed by atoms with Gasteiger partial charge in [-0.25, -0.2) is 8.42 Å². The van der Waals surface area contributed by atoms with Gasteiger partial charge in [-0.3, -0.25) is 9.10 Å². The number of amides is 1. The molecule has 3 aromatic carbocycles. The van der Waals surface area contributed by atoms with Gasteiger partial charge in [0.05, 0.1) is 21.2 Å². The predicted octanol–water partition coefficient (Wildman–Crippen LogP) is 4.90. The minimum absolute atomic E-state index is 0.0204. The summed E-state index contributed by atoms with van der Waals surface area (Å²) in [5, 5.41) is 0.180. The van der Waals surface area contributed by atoms with E-state index in [0.29, 0.717) is 18.8 Å². The molecule has 1 heterocycles. The summed E-state index contributed by atoms with van der Waals surface area (Å²) in [5.74, 6) is -0.432. The number of hydrogen-bond donors (Lipinski definition) is 0. The molecule has 0 aromatic heterocycles. The lowest BCUT2D eigenvalue weighted by Gasteiger charge is -2.37. The molecule has 6 nitrogen and oxygen atoms in total. The molecule has 1 fully saturated rings. The third kappa shape index (κ3) is 5.60. The van der Waals surface area contributed by atoms with E-state index in [-0.39, 0.29) is 28.7 Å². The van der Waals surface area contributed by atoms with Gasteiger partial charge >= 0.3 is 6.18 Å². The van der Waals surface area contributed by atoms with E-state index >= 15 is 0 Å². The first-order valence-electron chi connectivity index (χ1n) is 11.1. The summed E-state index contributed by atoms with van der Waals surface area (Å²) in [4.78, 5) is 16.5. The Morgan fingerprint density at radius 2 is 1.53 bits per heavy atom. The highest BCUT2D eigenvalue weighted by atomic mass is 35.5. The monoisotopic (exact) mass is 537 g/mol. The maximum Gasteiger partial charge on any atom is 0.416 e. The van der Waals surface area contributed by atoms with Gasteiger partial charge in [0.25, 0.3) is 10.0 Å². The maximum absolute atomic E-state index is 13.4. The summed E-state index contributed by atoms with van der Waals surface area (Å²) in [7, 11) is -4.10. The number of halogens is 4. The summed E-state index contributed by atoms with van der Waals surface area (Å²) in [6, 6.07) is 19.2. The molecule has 11 heteroatoms. The van der Waals surface area contributed by atoms with Crippen molar-refractivity contribution in [2.45, 2.75) is 11.1 Å². The molecule has 0 unspecified atom stereocenters. The number of anilines is 2. The van der Waals surface area contributed by atoms with E-state index in [1.165, 1.54) is 29.2 Å². The molecular weight excluding hydrogens is 515 g/mol. The molecule has 36 heavy (non-hydrogen) atoms. The molecule has 3 aromatic rings. The first-order valence-corrected chi connectivity index (χ1v) is 12.9. The second-order valence-electron chi connectivity index (χ2n) is 8.19. The summed E-state index contributed by atoms with van der Waals surface area (Å²) in [5.41, 5.74) is -0.139. The van der Waals surface area contributed by atoms with Crippen molar-refractivity contribution in [1.82, 2.24) is 4.90 Å². The van der Waals surface area contributed by atoms with Crippen LogP contribution in [0.3, 0.4) is 0 Å². The predicted molar refractivity (Wildman–Crippen MR) is 133 cm³/mol. The average molecular weight is 538 g/mol. The van der Waals surface area contributed by atoms with Gasteiger partial charge in [-0.1, -0.05) is 48.0 Å². The van der Waals surface area contributed by atoms with Crippen molar-refractivity contribution in [2.75, 3.05) is 41.9 Å². The van der Waals surface area contributed by atoms with Crippen LogP contribution in [0.2, 0.25) is 5.02 Å². The molecular formula is C25H23ClF3N3O3S. The Morgan fingerprint density at radius 3 is 2.17 bits per heavy atom. The third-order valence-corrected chi connectivity index (χ3v) is 8.00. The Balaban J connectivity index is 1.51. The van der Waals surface area contributed by atoms with Gasteiger partial charge in [-0.2, -0.15) is 13.2 Å². The first kappa shape index (κ1) is 25.8. The van der Waals surface area contributed by atoms with Gasteiger partial charge in [0, 0.05) is 31.9 Å². The van der Waals surface area contributed by atoms with Crippen LogP contribution < -0.4 is 9.21 Å². The fourth-order valence-corrected chi connectivity index (χ4v) is 5.73. The molecule has 1 aliphatic heterocycles. The molecule has 1 aliphatic rings. The van der Waals surface area contributed by atoms with Crippen LogP contribution in [0.4, 0.5) is 24.5 Å². The van der Waals surface area contributed by atoms with Gasteiger partial charge in [-0.15, -0.1) is 0 Å². The van der Waals surface area contributed by atoms with E-state index in [9.17, 15) is 26.4 Å². The van der Waals surface area contributed by atoms with E-state index in [0.717, 1.165) is 16.4 Å². The lowest BCUT2D eigenvalue weighted by Crippen LogP contribution is -2.52. The van der Waals surface area contributed by atoms with E-state index in [2.05, 4.69) is 0 Å². The summed E-state index contributed by atoms with van der Waals surface area (Å²) in [6.45, 7) is 0.618. The van der Waals surface area contributed by atoms with Gasteiger partial charge in [0.15, 0.2) is 0 Å². The summed E-state index contributed by atoms with van der Waals surface area (Å²) >= 11 is 6.30. The van der Waals surface area contributed by atoms with Crippen molar-refractivity contribution in [1.29, 1.82) is 0 Å². The van der Waals surface area contributed by atoms with Crippen molar-refractivity contribution in [2.24, 2.45) is 0 Å². The van der Waals surface area contributed by atoms with E-state index in [1.54, 1.807) is 47.4 Å². The highest BCUT2D eigenvalue weighted by Gasteiger charge is 2.33. The molecule has 0 radical (unpaired) electrons. The van der Waals surface area contributed by atoms with Crippen LogP contribution in [0.1, 0.15) is 5.56 Å². The Labute approximate surface area is 212 Å². The van der Waals surface area contributed by atoms with E-state index in [4.69, 9.17) is 11.6 Å². The van der Waals surface area contributed by atoms with Crippen molar-refractivity contribution in [3.8, 4) is 0 Å². The topological polar surface area (TPSA) is 60.9 Å². The second kappa shape index (κ2) is 10.4. The highest BCUT2D eigenvalue weighted by molar-refractivity contribution is 7.92. The molecule has 1 saturated heterocycles. The number of para-hydroxylation sites is 1. The number of sulfonamides is 1. The van der Waals surface area contributed by atoms with Gasteiger partial charge in [-0.05, 0) is 42.5 Å². The maximum atomic E-state index is 13.4. The number of nitrogens with zero attached hydrogens (tertiary/aromatic N) is 3. The van der Waals surface area contributed by atoms with Gasteiger partial charge < -0.3 is 9.80 Å². The lowest BCUT2D eigenvalue weighted by molar-refractivity contribution is -0.137. The van der Waals surface area contributed by atoms with Crippen molar-refractivity contribution < 1.29 is 26.4 Å². The van der Waals surface area contributed by atoms with Crippen LogP contribution in [-0.2, 0) is 21.0 Å². The zero-order chi connectivity index (χ0) is 25.9. The van der Waals surface area contributed by atoms with Crippen molar-refractivity contribution >= 4 is 38.9 Å². The van der Waals surface area contributed by atoms with E-state index in [1.807, 2.05) is 0 Å². The molecule has 0 bridgehead atoms. The van der Waals surface area contributed by atoms with Crippen LogP contribution in [0.25, 0.3) is 0 Å². The van der Waals surface area contributed by atoms with E-state index < -0.39 is 34.2 Å². The molecule has 190 valence electrons. The Kier molecular flexibility index (Phi) is 7.46. The highest BCUT2D eigenvalue weighted by Crippen LogP contribution is 2.32. The number of carbonyl (C=O) groups excluding carboxylic acids is 1. The number of rotatable bonds is 6. The van der Waals surface area contributed by atoms with Crippen LogP contribution in [0.5, 0.6) is 0 Å². The second-order valence-corrected chi connectivity index (χ2v) is 10.5. The quantitative estimate of drug-likeness (QED) is 0.449. The molecule has 0 atom stereocenters. The lowest BCUT2D eigenvalue weighted by atomic mass is 10.1. The first-order chi connectivity index (χ1) is 17.1. The van der Waals surface area contributed by atoms with Crippen LogP contribution >= 0.6 is 11.6 Å². The number of alkyl halides is 3. The summed E-state index contributed by atoms with van der Waals surface area (Å²) in [6.07, 6.45) is -4.44. The Bertz CT molecular complexity index is 1330. The SMILES string of the molecule is O=C(CN(c1ccccc1Cl)S(=O)(=O)c1ccccc1)N1CCN(c2cccc(C(F)(F)F)c2)CC1. The molecule has 4 rings (SSSR count). The molecule has 0 spiro atoms. The standard InChI is InChI=1S/C25H23ClF3N3O3S/c26-22-11-4-5-12-23(22)32(36(34,35)21-9-2-1-3-10-21)18-24(33)31-15-13-30(14-16-31)20-8-6-7-19(17-20)25(27,28)29/h1-12,17H,13-16,18H2. The number of hydrogen-bond acceptors (Lipinski definition) is 4. The van der Waals surface area contributed by atoms with Gasteiger partial charge in [0.2, 0.25) is 5.91 Å². The minimum atomic E-state index is -4.44. The normalized spacial score (nSPS) is 14.6. The van der Waals surface area contributed by atoms with Crippen LogP contribution in [-0.4, -0.2) is 51.9 Å². The fourth-order valence-electron chi connectivity index (χ4n) is 3.99. The molecule has 1 amide bonds. The van der Waals surface area contributed by atoms with Crippen LogP contribution in [0, 0.1) is 0 Å². The zero-order valence-corrected chi connectivity index (χ0v) is 20.6. The average Bonchev–Trinajstić information content (AvgIpc) is 2.88. The van der Waals surface area contributed by atoms with Gasteiger partial charge in [0.1, 0.15) is 6.54 Å². The molecule has 0 aliphatic carbocycles. The smallest absolute Gasteiger partial charge is 0.368 e. The number of piperazine rings is 1. The Hall–Kier alpha value is -3.24. The van der Waals surface area contributed by atoms with Crippen molar-refractivity contribution in [3.63, 3.8) is 0 Å². The number of benzene rings is 3. The number of carbonyl (C=O) groups is 1. The molecule has 0 N–H and O–H groups in total. The molecule has 0 saturated carbocycles. The largest absolute Gasteiger partial charge is 0.416 e. The van der Waals surface area contributed by atoms with Crippen LogP contribution in [0.15, 0.2) is 83.8 Å². The fraction of sp³-hybridized carbons (Fsp3) is 0.240. The minimum Gasteiger partial charge on any atom is -0.368 e. The zero-order valence-electron chi connectivity index (χ0n) is 19.0. The van der Waals surface area contributed by atoms with Crippen molar-refractivity contribution in [3.05, 3.63) is 89.4 Å². The third-order valence-electron chi connectivity index (χ3n) is 5.90. The summed E-state index contributed by atoms with van der Waals surface area (Å²) < 4.78 is 67.1.